The van der Waals surface area contributed by atoms with Gasteiger partial charge in [0, 0.05) is 5.02 Å². The molecule has 1 atom stereocenters. The highest BCUT2D eigenvalue weighted by molar-refractivity contribution is 7.80. The zero-order valence-electron chi connectivity index (χ0n) is 7.30. The first-order valence-electron chi connectivity index (χ1n) is 4.04. The molecule has 0 bridgehead atoms. The van der Waals surface area contributed by atoms with Crippen LogP contribution < -0.4 is 10.1 Å². The summed E-state index contributed by atoms with van der Waals surface area (Å²) in [6.07, 6.45) is -0.156. The van der Waals surface area contributed by atoms with Crippen LogP contribution in [-0.2, 0) is 0 Å². The number of rotatable bonds is 0. The number of hydrogen-bond donors (Lipinski definition) is 1. The summed E-state index contributed by atoms with van der Waals surface area (Å²) in [5, 5.41) is 4.08. The van der Waals surface area contributed by atoms with Crippen molar-refractivity contribution in [3.05, 3.63) is 22.2 Å². The molecule has 0 saturated heterocycles. The predicted molar refractivity (Wildman–Crippen MR) is 62.8 cm³/mol. The maximum atomic E-state index is 5.97. The largest absolute Gasteiger partial charge is 0.480 e. The normalized spacial score (nSPS) is 19.6. The van der Waals surface area contributed by atoms with Gasteiger partial charge in [0.15, 0.2) is 5.75 Å². The first kappa shape index (κ1) is 10.0. The Hall–Kier alpha value is -0.510. The SMILES string of the molecule is CC1Oc2c(Cl)cc(Cl)cc2NC1=S. The number of hydrogen-bond acceptors (Lipinski definition) is 2. The number of thiocarbonyl (C=S) groups is 1. The minimum atomic E-state index is -0.156. The molecule has 1 unspecified atom stereocenters. The lowest BCUT2D eigenvalue weighted by molar-refractivity contribution is 0.286. The predicted octanol–water partition coefficient (Wildman–Crippen LogP) is 3.51. The Kier molecular flexibility index (Phi) is 2.56. The third kappa shape index (κ3) is 1.67. The summed E-state index contributed by atoms with van der Waals surface area (Å²) in [4.78, 5) is 0.635. The quantitative estimate of drug-likeness (QED) is 0.710. The Morgan fingerprint density at radius 2 is 2.14 bits per heavy atom. The fourth-order valence-corrected chi connectivity index (χ4v) is 1.93. The van der Waals surface area contributed by atoms with Crippen LogP contribution in [0.4, 0.5) is 5.69 Å². The molecule has 14 heavy (non-hydrogen) atoms. The lowest BCUT2D eigenvalue weighted by Gasteiger charge is -2.26. The summed E-state index contributed by atoms with van der Waals surface area (Å²) in [7, 11) is 0. The molecular formula is C9H7Cl2NOS. The monoisotopic (exact) mass is 247 g/mol. The maximum absolute atomic E-state index is 5.97. The number of halogens is 2. The Labute approximate surface area is 97.1 Å². The van der Waals surface area contributed by atoms with Crippen molar-refractivity contribution < 1.29 is 4.74 Å². The van der Waals surface area contributed by atoms with Crippen molar-refractivity contribution in [3.63, 3.8) is 0 Å². The van der Waals surface area contributed by atoms with E-state index in [4.69, 9.17) is 40.2 Å². The van der Waals surface area contributed by atoms with E-state index in [2.05, 4.69) is 5.32 Å². The van der Waals surface area contributed by atoms with Crippen LogP contribution in [0, 0.1) is 0 Å². The summed E-state index contributed by atoms with van der Waals surface area (Å²) in [5.41, 5.74) is 0.727. The van der Waals surface area contributed by atoms with E-state index in [1.54, 1.807) is 12.1 Å². The topological polar surface area (TPSA) is 21.3 Å². The Bertz CT molecular complexity index is 408. The van der Waals surface area contributed by atoms with Gasteiger partial charge in [0.25, 0.3) is 0 Å². The van der Waals surface area contributed by atoms with Gasteiger partial charge in [-0.15, -0.1) is 0 Å². The highest BCUT2D eigenvalue weighted by Crippen LogP contribution is 2.39. The molecule has 1 aromatic carbocycles. The molecule has 1 aliphatic heterocycles. The molecule has 5 heteroatoms. The summed E-state index contributed by atoms with van der Waals surface area (Å²) in [5.74, 6) is 0.608. The molecule has 2 rings (SSSR count). The van der Waals surface area contributed by atoms with Crippen LogP contribution in [0.5, 0.6) is 5.75 Å². The van der Waals surface area contributed by atoms with Gasteiger partial charge >= 0.3 is 0 Å². The number of anilines is 1. The highest BCUT2D eigenvalue weighted by Gasteiger charge is 2.22. The van der Waals surface area contributed by atoms with Gasteiger partial charge in [0.1, 0.15) is 11.1 Å². The van der Waals surface area contributed by atoms with E-state index in [9.17, 15) is 0 Å². The van der Waals surface area contributed by atoms with Crippen LogP contribution >= 0.6 is 35.4 Å². The van der Waals surface area contributed by atoms with Crippen molar-refractivity contribution >= 4 is 46.1 Å². The molecule has 0 radical (unpaired) electrons. The Balaban J connectivity index is 2.51. The van der Waals surface area contributed by atoms with E-state index in [1.165, 1.54) is 0 Å². The average molecular weight is 248 g/mol. The minimum Gasteiger partial charge on any atom is -0.480 e. The van der Waals surface area contributed by atoms with E-state index in [0.29, 0.717) is 20.8 Å². The van der Waals surface area contributed by atoms with E-state index < -0.39 is 0 Å². The van der Waals surface area contributed by atoms with Crippen LogP contribution in [0.15, 0.2) is 12.1 Å². The van der Waals surface area contributed by atoms with Crippen LogP contribution in [0.3, 0.4) is 0 Å². The van der Waals surface area contributed by atoms with E-state index in [1.807, 2.05) is 6.92 Å². The lowest BCUT2D eigenvalue weighted by Crippen LogP contribution is -2.33. The molecule has 0 fully saturated rings. The van der Waals surface area contributed by atoms with Crippen molar-refractivity contribution in [2.45, 2.75) is 13.0 Å². The van der Waals surface area contributed by atoms with Gasteiger partial charge in [-0.3, -0.25) is 0 Å². The fourth-order valence-electron chi connectivity index (χ4n) is 1.24. The van der Waals surface area contributed by atoms with Crippen LogP contribution in [0.2, 0.25) is 10.0 Å². The van der Waals surface area contributed by atoms with Crippen LogP contribution in [0.25, 0.3) is 0 Å². The average Bonchev–Trinajstić information content (AvgIpc) is 2.08. The number of ether oxygens (including phenoxy) is 1. The van der Waals surface area contributed by atoms with E-state index in [-0.39, 0.29) is 6.10 Å². The first-order chi connectivity index (χ1) is 6.58. The molecule has 0 aromatic heterocycles. The summed E-state index contributed by atoms with van der Waals surface area (Å²) in [6, 6.07) is 3.38. The second-order valence-electron chi connectivity index (χ2n) is 3.01. The van der Waals surface area contributed by atoms with Crippen molar-refractivity contribution in [2.75, 3.05) is 5.32 Å². The zero-order chi connectivity index (χ0) is 10.3. The van der Waals surface area contributed by atoms with Gasteiger partial charge in [-0.25, -0.2) is 0 Å². The second-order valence-corrected chi connectivity index (χ2v) is 4.30. The minimum absolute atomic E-state index is 0.156. The number of fused-ring (bicyclic) bond motifs is 1. The van der Waals surface area contributed by atoms with Crippen LogP contribution in [-0.4, -0.2) is 11.1 Å². The van der Waals surface area contributed by atoms with Gasteiger partial charge in [-0.05, 0) is 19.1 Å². The fraction of sp³-hybridized carbons (Fsp3) is 0.222. The molecule has 0 saturated carbocycles. The first-order valence-corrected chi connectivity index (χ1v) is 5.21. The summed E-state index contributed by atoms with van der Waals surface area (Å²) >= 11 is 16.9. The molecule has 0 amide bonds. The third-order valence-electron chi connectivity index (χ3n) is 1.93. The number of nitrogens with one attached hydrogen (secondary N) is 1. The molecule has 1 N–H and O–H groups in total. The molecular weight excluding hydrogens is 241 g/mol. The van der Waals surface area contributed by atoms with E-state index >= 15 is 0 Å². The van der Waals surface area contributed by atoms with Gasteiger partial charge in [0.05, 0.1) is 10.7 Å². The van der Waals surface area contributed by atoms with Crippen molar-refractivity contribution in [3.8, 4) is 5.75 Å². The van der Waals surface area contributed by atoms with Gasteiger partial charge in [-0.1, -0.05) is 35.4 Å². The van der Waals surface area contributed by atoms with Crippen molar-refractivity contribution in [1.29, 1.82) is 0 Å². The smallest absolute Gasteiger partial charge is 0.162 e. The van der Waals surface area contributed by atoms with Crippen molar-refractivity contribution in [2.24, 2.45) is 0 Å². The Morgan fingerprint density at radius 1 is 1.43 bits per heavy atom. The lowest BCUT2D eigenvalue weighted by atomic mass is 10.2. The second kappa shape index (κ2) is 3.57. The summed E-state index contributed by atoms with van der Waals surface area (Å²) < 4.78 is 5.54. The van der Waals surface area contributed by atoms with Crippen molar-refractivity contribution in [1.82, 2.24) is 0 Å². The van der Waals surface area contributed by atoms with E-state index in [0.717, 1.165) is 5.69 Å². The molecule has 1 heterocycles. The molecule has 0 aliphatic carbocycles. The summed E-state index contributed by atoms with van der Waals surface area (Å²) in [6.45, 7) is 1.86. The molecule has 74 valence electrons. The molecule has 1 aromatic rings. The maximum Gasteiger partial charge on any atom is 0.162 e. The number of benzene rings is 1. The van der Waals surface area contributed by atoms with Gasteiger partial charge in [-0.2, -0.15) is 0 Å². The van der Waals surface area contributed by atoms with Gasteiger partial charge < -0.3 is 10.1 Å². The Morgan fingerprint density at radius 3 is 2.86 bits per heavy atom. The molecule has 1 aliphatic rings. The highest BCUT2D eigenvalue weighted by atomic mass is 35.5. The third-order valence-corrected chi connectivity index (χ3v) is 2.86. The van der Waals surface area contributed by atoms with Crippen LogP contribution in [0.1, 0.15) is 6.92 Å². The molecule has 2 nitrogen and oxygen atoms in total. The van der Waals surface area contributed by atoms with Gasteiger partial charge in [0.2, 0.25) is 0 Å². The zero-order valence-corrected chi connectivity index (χ0v) is 9.63. The molecule has 0 spiro atoms. The standard InChI is InChI=1S/C9H7Cl2NOS/c1-4-9(14)12-7-3-5(10)2-6(11)8(7)13-4/h2-4H,1H3,(H,12,14).